The Hall–Kier alpha value is -0.370. The van der Waals surface area contributed by atoms with E-state index in [1.165, 1.54) is 0 Å². The number of carbonyl (C=O) groups excluding carboxylic acids is 1. The van der Waals surface area contributed by atoms with Crippen LogP contribution in [0.2, 0.25) is 0 Å². The molecule has 0 aliphatic heterocycles. The van der Waals surface area contributed by atoms with E-state index in [1.54, 1.807) is 0 Å². The predicted molar refractivity (Wildman–Crippen MR) is 38.5 cm³/mol. The van der Waals surface area contributed by atoms with Crippen LogP contribution in [-0.2, 0) is 4.79 Å². The maximum Gasteiger partial charge on any atom is 0.121 e. The van der Waals surface area contributed by atoms with Gasteiger partial charge < -0.3 is 9.69 Å². The highest BCUT2D eigenvalue weighted by molar-refractivity contribution is 5.49. The van der Waals surface area contributed by atoms with Crippen LogP contribution in [0, 0.1) is 0 Å². The van der Waals surface area contributed by atoms with Gasteiger partial charge in [0.25, 0.3) is 0 Å². The van der Waals surface area contributed by atoms with Crippen LogP contribution in [0.3, 0.4) is 0 Å². The first-order chi connectivity index (χ1) is 4.31. The molecule has 0 rings (SSSR count). The quantitative estimate of drug-likeness (QED) is 0.514. The van der Waals surface area contributed by atoms with E-state index in [1.807, 2.05) is 7.05 Å². The van der Waals surface area contributed by atoms with E-state index in [-0.39, 0.29) is 0 Å². The molecule has 0 bridgehead atoms. The van der Waals surface area contributed by atoms with Crippen molar-refractivity contribution in [2.24, 2.45) is 0 Å². The van der Waals surface area contributed by atoms with E-state index >= 15 is 0 Å². The van der Waals surface area contributed by atoms with Gasteiger partial charge in [0, 0.05) is 13.0 Å². The van der Waals surface area contributed by atoms with Crippen molar-refractivity contribution in [3.8, 4) is 0 Å². The molecule has 0 spiro atoms. The van der Waals surface area contributed by atoms with Crippen molar-refractivity contribution >= 4 is 6.29 Å². The standard InChI is InChI=1S/C7H15NO/c1-3-5-8(2)6-4-7-9/h7H,3-6H2,1-2H3. The summed E-state index contributed by atoms with van der Waals surface area (Å²) in [6.45, 7) is 4.13. The Balaban J connectivity index is 3.04. The molecule has 2 heteroatoms. The first-order valence-electron chi connectivity index (χ1n) is 3.43. The lowest BCUT2D eigenvalue weighted by molar-refractivity contribution is -0.108. The van der Waals surface area contributed by atoms with Gasteiger partial charge in [-0.2, -0.15) is 0 Å². The van der Waals surface area contributed by atoms with Crippen LogP contribution in [0.4, 0.5) is 0 Å². The number of hydrogen-bond donors (Lipinski definition) is 0. The maximum atomic E-state index is 9.89. The number of hydrogen-bond acceptors (Lipinski definition) is 2. The van der Waals surface area contributed by atoms with E-state index in [4.69, 9.17) is 0 Å². The summed E-state index contributed by atoms with van der Waals surface area (Å²) in [4.78, 5) is 12.0. The van der Waals surface area contributed by atoms with Gasteiger partial charge in [-0.05, 0) is 20.0 Å². The zero-order valence-corrected chi connectivity index (χ0v) is 6.26. The third kappa shape index (κ3) is 5.50. The Morgan fingerprint density at radius 2 is 2.11 bits per heavy atom. The topological polar surface area (TPSA) is 20.3 Å². The van der Waals surface area contributed by atoms with Gasteiger partial charge in [0.1, 0.15) is 6.29 Å². The normalized spacial score (nSPS) is 10.1. The number of rotatable bonds is 5. The molecule has 0 aromatic carbocycles. The third-order valence-corrected chi connectivity index (χ3v) is 1.23. The first-order valence-corrected chi connectivity index (χ1v) is 3.43. The molecule has 0 aromatic rings. The molecule has 54 valence electrons. The highest BCUT2D eigenvalue weighted by Crippen LogP contribution is 1.86. The van der Waals surface area contributed by atoms with Gasteiger partial charge in [0.2, 0.25) is 0 Å². The van der Waals surface area contributed by atoms with Gasteiger partial charge in [-0.25, -0.2) is 0 Å². The number of nitrogens with zero attached hydrogens (tertiary/aromatic N) is 1. The Bertz CT molecular complexity index is 73.3. The van der Waals surface area contributed by atoms with Crippen LogP contribution in [0.5, 0.6) is 0 Å². The van der Waals surface area contributed by atoms with Crippen molar-refractivity contribution in [1.82, 2.24) is 4.90 Å². The van der Waals surface area contributed by atoms with Crippen molar-refractivity contribution in [3.05, 3.63) is 0 Å². The molecule has 0 saturated carbocycles. The summed E-state index contributed by atoms with van der Waals surface area (Å²) < 4.78 is 0. The fourth-order valence-corrected chi connectivity index (χ4v) is 0.767. The van der Waals surface area contributed by atoms with Crippen molar-refractivity contribution in [2.45, 2.75) is 19.8 Å². The minimum absolute atomic E-state index is 0.663. The molecular weight excluding hydrogens is 114 g/mol. The average Bonchev–Trinajstić information content (AvgIpc) is 1.85. The van der Waals surface area contributed by atoms with E-state index in [2.05, 4.69) is 11.8 Å². The van der Waals surface area contributed by atoms with Crippen LogP contribution < -0.4 is 0 Å². The summed E-state index contributed by atoms with van der Waals surface area (Å²) >= 11 is 0. The summed E-state index contributed by atoms with van der Waals surface area (Å²) in [6.07, 6.45) is 2.79. The van der Waals surface area contributed by atoms with Crippen molar-refractivity contribution < 1.29 is 4.79 Å². The second kappa shape index (κ2) is 5.76. The minimum Gasteiger partial charge on any atom is -0.306 e. The molecule has 0 aromatic heterocycles. The summed E-state index contributed by atoms with van der Waals surface area (Å²) in [5.41, 5.74) is 0. The van der Waals surface area contributed by atoms with Crippen LogP contribution in [0.15, 0.2) is 0 Å². The highest BCUT2D eigenvalue weighted by Gasteiger charge is 1.92. The van der Waals surface area contributed by atoms with Gasteiger partial charge in [0.05, 0.1) is 0 Å². The van der Waals surface area contributed by atoms with E-state index in [0.29, 0.717) is 6.42 Å². The largest absolute Gasteiger partial charge is 0.306 e. The van der Waals surface area contributed by atoms with Gasteiger partial charge in [-0.3, -0.25) is 0 Å². The zero-order chi connectivity index (χ0) is 7.11. The van der Waals surface area contributed by atoms with Crippen molar-refractivity contribution in [3.63, 3.8) is 0 Å². The van der Waals surface area contributed by atoms with E-state index < -0.39 is 0 Å². The van der Waals surface area contributed by atoms with Gasteiger partial charge >= 0.3 is 0 Å². The second-order valence-electron chi connectivity index (χ2n) is 2.26. The lowest BCUT2D eigenvalue weighted by Crippen LogP contribution is -2.20. The van der Waals surface area contributed by atoms with Gasteiger partial charge in [0.15, 0.2) is 0 Å². The van der Waals surface area contributed by atoms with E-state index in [9.17, 15) is 4.79 Å². The molecule has 2 nitrogen and oxygen atoms in total. The highest BCUT2D eigenvalue weighted by atomic mass is 16.1. The van der Waals surface area contributed by atoms with Gasteiger partial charge in [-0.1, -0.05) is 6.92 Å². The molecule has 0 aliphatic rings. The van der Waals surface area contributed by atoms with Crippen molar-refractivity contribution in [2.75, 3.05) is 20.1 Å². The average molecular weight is 129 g/mol. The maximum absolute atomic E-state index is 9.89. The molecule has 0 heterocycles. The second-order valence-corrected chi connectivity index (χ2v) is 2.26. The lowest BCUT2D eigenvalue weighted by Gasteiger charge is -2.12. The van der Waals surface area contributed by atoms with Gasteiger partial charge in [-0.15, -0.1) is 0 Å². The lowest BCUT2D eigenvalue weighted by atomic mass is 10.4. The molecule has 0 N–H and O–H groups in total. The fraction of sp³-hybridized carbons (Fsp3) is 0.857. The molecule has 0 fully saturated rings. The smallest absolute Gasteiger partial charge is 0.121 e. The molecule has 9 heavy (non-hydrogen) atoms. The molecule has 0 amide bonds. The predicted octanol–water partition coefficient (Wildman–Crippen LogP) is 0.917. The van der Waals surface area contributed by atoms with Crippen molar-refractivity contribution in [1.29, 1.82) is 0 Å². The van der Waals surface area contributed by atoms with Crippen LogP contribution in [-0.4, -0.2) is 31.3 Å². The van der Waals surface area contributed by atoms with E-state index in [0.717, 1.165) is 25.8 Å². The summed E-state index contributed by atoms with van der Waals surface area (Å²) in [7, 11) is 2.03. The molecule has 0 radical (unpaired) electrons. The Kier molecular flexibility index (Phi) is 5.52. The summed E-state index contributed by atoms with van der Waals surface area (Å²) in [6, 6.07) is 0. The Labute approximate surface area is 56.9 Å². The summed E-state index contributed by atoms with van der Waals surface area (Å²) in [5.74, 6) is 0. The molecular formula is C7H15NO. The fourth-order valence-electron chi connectivity index (χ4n) is 0.767. The molecule has 0 saturated heterocycles. The minimum atomic E-state index is 0.663. The molecule has 0 unspecified atom stereocenters. The van der Waals surface area contributed by atoms with Crippen LogP contribution >= 0.6 is 0 Å². The molecule has 0 atom stereocenters. The molecule has 0 aliphatic carbocycles. The first kappa shape index (κ1) is 8.63. The number of carbonyl (C=O) groups is 1. The van der Waals surface area contributed by atoms with Crippen LogP contribution in [0.25, 0.3) is 0 Å². The Morgan fingerprint density at radius 1 is 1.44 bits per heavy atom. The Morgan fingerprint density at radius 3 is 2.56 bits per heavy atom. The zero-order valence-electron chi connectivity index (χ0n) is 6.26. The number of aldehydes is 1. The SMILES string of the molecule is CCCN(C)CCC=O. The third-order valence-electron chi connectivity index (χ3n) is 1.23. The van der Waals surface area contributed by atoms with Crippen LogP contribution in [0.1, 0.15) is 19.8 Å². The monoisotopic (exact) mass is 129 g/mol. The summed E-state index contributed by atoms with van der Waals surface area (Å²) in [5, 5.41) is 0.